The number of nitrogens with zero attached hydrogens (tertiary/aromatic N) is 7. The molecule has 0 spiro atoms. The fourth-order valence-electron chi connectivity index (χ4n) is 1.42. The Bertz CT molecular complexity index is 659. The summed E-state index contributed by atoms with van der Waals surface area (Å²) in [4.78, 5) is 8.33. The highest BCUT2D eigenvalue weighted by atomic mass is 32.2. The summed E-state index contributed by atoms with van der Waals surface area (Å²) in [5.41, 5.74) is 0.578. The van der Waals surface area contributed by atoms with Crippen molar-refractivity contribution >= 4 is 11.8 Å². The monoisotopic (exact) mass is 278 g/mol. The maximum Gasteiger partial charge on any atom is 0.240 e. The van der Waals surface area contributed by atoms with Crippen LogP contribution in [0.25, 0.3) is 11.5 Å². The van der Waals surface area contributed by atoms with Crippen molar-refractivity contribution < 1.29 is 4.52 Å². The van der Waals surface area contributed by atoms with Crippen LogP contribution in [0.3, 0.4) is 0 Å². The molecule has 3 aromatic rings. The summed E-state index contributed by atoms with van der Waals surface area (Å²) in [6.07, 6.45) is 3.18. The summed E-state index contributed by atoms with van der Waals surface area (Å²) < 4.78 is 6.80. The van der Waals surface area contributed by atoms with Crippen LogP contribution in [0.5, 0.6) is 0 Å². The second-order valence-electron chi connectivity index (χ2n) is 3.78. The molecular weight excluding hydrogens is 268 g/mol. The highest BCUT2D eigenvalue weighted by molar-refractivity contribution is 7.99. The van der Waals surface area contributed by atoms with Crippen LogP contribution in [0.2, 0.25) is 0 Å². The Morgan fingerprint density at radius 2 is 2.37 bits per heavy atom. The lowest BCUT2D eigenvalue weighted by molar-refractivity contribution is 0.380. The van der Waals surface area contributed by atoms with Gasteiger partial charge in [0.1, 0.15) is 6.33 Å². The van der Waals surface area contributed by atoms with E-state index in [4.69, 9.17) is 4.52 Å². The van der Waals surface area contributed by atoms with E-state index in [0.717, 1.165) is 0 Å². The number of aromatic nitrogens is 8. The Morgan fingerprint density at radius 1 is 1.47 bits per heavy atom. The zero-order chi connectivity index (χ0) is 13.2. The zero-order valence-electron chi connectivity index (χ0n) is 10.2. The fraction of sp³-hybridized carbons (Fsp3) is 0.333. The first kappa shape index (κ1) is 11.8. The molecule has 0 radical (unpaired) electrons. The van der Waals surface area contributed by atoms with Gasteiger partial charge in [-0.2, -0.15) is 10.1 Å². The van der Waals surface area contributed by atoms with Crippen molar-refractivity contribution in [2.75, 3.05) is 0 Å². The van der Waals surface area contributed by atoms with E-state index in [1.807, 2.05) is 6.92 Å². The highest BCUT2D eigenvalue weighted by Crippen LogP contribution is 2.31. The second kappa shape index (κ2) is 4.80. The zero-order valence-corrected chi connectivity index (χ0v) is 11.0. The van der Waals surface area contributed by atoms with Crippen LogP contribution in [0, 0.1) is 0 Å². The van der Waals surface area contributed by atoms with Gasteiger partial charge in [-0.3, -0.25) is 9.78 Å². The van der Waals surface area contributed by atoms with Crippen LogP contribution < -0.4 is 0 Å². The third kappa shape index (κ3) is 2.47. The van der Waals surface area contributed by atoms with E-state index in [-0.39, 0.29) is 5.25 Å². The van der Waals surface area contributed by atoms with Crippen molar-refractivity contribution in [3.8, 4) is 11.5 Å². The minimum Gasteiger partial charge on any atom is -0.338 e. The van der Waals surface area contributed by atoms with E-state index in [2.05, 4.69) is 35.6 Å². The number of aromatic amines is 1. The molecule has 0 saturated carbocycles. The molecule has 0 saturated heterocycles. The van der Waals surface area contributed by atoms with E-state index in [9.17, 15) is 0 Å². The molecule has 1 N–H and O–H groups in total. The molecule has 1 unspecified atom stereocenters. The van der Waals surface area contributed by atoms with Gasteiger partial charge in [0.25, 0.3) is 0 Å². The van der Waals surface area contributed by atoms with Gasteiger partial charge < -0.3 is 4.52 Å². The molecule has 0 amide bonds. The highest BCUT2D eigenvalue weighted by Gasteiger charge is 2.18. The first-order valence-electron chi connectivity index (χ1n) is 5.44. The molecule has 1 atom stereocenters. The maximum atomic E-state index is 5.22. The van der Waals surface area contributed by atoms with Crippen molar-refractivity contribution in [2.45, 2.75) is 17.3 Å². The molecule has 9 nitrogen and oxygen atoms in total. The lowest BCUT2D eigenvalue weighted by Crippen LogP contribution is -1.90. The molecule has 98 valence electrons. The Hall–Kier alpha value is -2.23. The largest absolute Gasteiger partial charge is 0.338 e. The Balaban J connectivity index is 1.77. The van der Waals surface area contributed by atoms with Crippen molar-refractivity contribution in [3.05, 3.63) is 18.4 Å². The van der Waals surface area contributed by atoms with Crippen molar-refractivity contribution in [3.63, 3.8) is 0 Å². The second-order valence-corrected chi connectivity index (χ2v) is 5.11. The first-order valence-corrected chi connectivity index (χ1v) is 6.32. The summed E-state index contributed by atoms with van der Waals surface area (Å²) in [6, 6.07) is 0. The first-order chi connectivity index (χ1) is 9.22. The van der Waals surface area contributed by atoms with Crippen LogP contribution in [0.1, 0.15) is 18.1 Å². The minimum absolute atomic E-state index is 0.0362. The standard InChI is InChI=1S/C9H10N8OS/c1-5(19-9-10-4-11-14-9)8-12-7(15-18-8)6-3-17(2)16-13-6/h3-5H,1-2H3,(H,10,11,14). The van der Waals surface area contributed by atoms with Crippen LogP contribution >= 0.6 is 11.8 Å². The fourth-order valence-corrected chi connectivity index (χ4v) is 2.17. The molecule has 0 bridgehead atoms. The van der Waals surface area contributed by atoms with Crippen LogP contribution in [0.15, 0.2) is 22.2 Å². The summed E-state index contributed by atoms with van der Waals surface area (Å²) in [5.74, 6) is 0.926. The molecule has 10 heteroatoms. The van der Waals surface area contributed by atoms with E-state index in [1.165, 1.54) is 18.1 Å². The minimum atomic E-state index is -0.0362. The van der Waals surface area contributed by atoms with Gasteiger partial charge in [0, 0.05) is 7.05 Å². The predicted molar refractivity (Wildman–Crippen MR) is 64.9 cm³/mol. The third-order valence-corrected chi connectivity index (χ3v) is 3.28. The molecule has 19 heavy (non-hydrogen) atoms. The van der Waals surface area contributed by atoms with Crippen molar-refractivity contribution in [1.82, 2.24) is 40.3 Å². The van der Waals surface area contributed by atoms with E-state index in [0.29, 0.717) is 22.6 Å². The average molecular weight is 278 g/mol. The number of hydrogen-bond donors (Lipinski definition) is 1. The average Bonchev–Trinajstić information content (AvgIpc) is 3.07. The number of thioether (sulfide) groups is 1. The number of rotatable bonds is 4. The van der Waals surface area contributed by atoms with E-state index < -0.39 is 0 Å². The summed E-state index contributed by atoms with van der Waals surface area (Å²) in [6.45, 7) is 1.95. The number of nitrogens with one attached hydrogen (secondary N) is 1. The summed E-state index contributed by atoms with van der Waals surface area (Å²) in [7, 11) is 1.78. The third-order valence-electron chi connectivity index (χ3n) is 2.30. The van der Waals surface area contributed by atoms with Gasteiger partial charge in [-0.1, -0.05) is 22.1 Å². The summed E-state index contributed by atoms with van der Waals surface area (Å²) >= 11 is 1.45. The number of H-pyrrole nitrogens is 1. The van der Waals surface area contributed by atoms with Crippen LogP contribution in [0.4, 0.5) is 0 Å². The van der Waals surface area contributed by atoms with Gasteiger partial charge in [-0.25, -0.2) is 4.98 Å². The smallest absolute Gasteiger partial charge is 0.240 e. The molecule has 0 aliphatic heterocycles. The molecule has 0 aromatic carbocycles. The van der Waals surface area contributed by atoms with E-state index >= 15 is 0 Å². The quantitative estimate of drug-likeness (QED) is 0.699. The predicted octanol–water partition coefficient (Wildman–Crippen LogP) is 0.836. The Labute approximate surface area is 111 Å². The van der Waals surface area contributed by atoms with Gasteiger partial charge in [0.2, 0.25) is 11.7 Å². The topological polar surface area (TPSA) is 111 Å². The van der Waals surface area contributed by atoms with Gasteiger partial charge in [-0.05, 0) is 6.92 Å². The number of hydrogen-bond acceptors (Lipinski definition) is 8. The normalized spacial score (nSPS) is 12.7. The van der Waals surface area contributed by atoms with Crippen LogP contribution in [-0.4, -0.2) is 40.3 Å². The molecule has 0 aliphatic rings. The molecule has 0 fully saturated rings. The van der Waals surface area contributed by atoms with Crippen molar-refractivity contribution in [1.29, 1.82) is 0 Å². The SMILES string of the molecule is CC(Sc1ncn[nH]1)c1nc(-c2cn(C)nn2)no1. The molecule has 3 rings (SSSR count). The van der Waals surface area contributed by atoms with E-state index in [1.54, 1.807) is 17.9 Å². The van der Waals surface area contributed by atoms with Gasteiger partial charge in [0.05, 0.1) is 11.4 Å². The van der Waals surface area contributed by atoms with Gasteiger partial charge in [0.15, 0.2) is 10.9 Å². The molecule has 3 heterocycles. The van der Waals surface area contributed by atoms with Gasteiger partial charge >= 0.3 is 0 Å². The van der Waals surface area contributed by atoms with Crippen LogP contribution in [-0.2, 0) is 7.05 Å². The maximum absolute atomic E-state index is 5.22. The summed E-state index contributed by atoms with van der Waals surface area (Å²) in [5, 5.41) is 18.9. The van der Waals surface area contributed by atoms with Gasteiger partial charge in [-0.15, -0.1) is 5.10 Å². The van der Waals surface area contributed by atoms with Crippen molar-refractivity contribution in [2.24, 2.45) is 7.05 Å². The molecule has 0 aliphatic carbocycles. The number of aryl methyl sites for hydroxylation is 1. The molecular formula is C9H10N8OS. The Morgan fingerprint density at radius 3 is 3.05 bits per heavy atom. The molecule has 3 aromatic heterocycles. The lowest BCUT2D eigenvalue weighted by atomic mass is 10.4. The lowest BCUT2D eigenvalue weighted by Gasteiger charge is -2.01. The Kier molecular flexibility index (Phi) is 2.99.